The van der Waals surface area contributed by atoms with Crippen LogP contribution < -0.4 is 0 Å². The van der Waals surface area contributed by atoms with Gasteiger partial charge in [0.2, 0.25) is 0 Å². The van der Waals surface area contributed by atoms with Crippen LogP contribution in [0.5, 0.6) is 0 Å². The Labute approximate surface area is 231 Å². The van der Waals surface area contributed by atoms with Gasteiger partial charge < -0.3 is 13.6 Å². The summed E-state index contributed by atoms with van der Waals surface area (Å²) in [5.41, 5.74) is 0.0950. The van der Waals surface area contributed by atoms with Crippen LogP contribution in [0.4, 0.5) is 0 Å². The van der Waals surface area contributed by atoms with Crippen LogP contribution in [-0.2, 0) is 13.6 Å². The van der Waals surface area contributed by atoms with Gasteiger partial charge in [-0.25, -0.2) is 0 Å². The van der Waals surface area contributed by atoms with Gasteiger partial charge in [0.05, 0.1) is 18.3 Å². The molecule has 3 saturated heterocycles. The predicted molar refractivity (Wildman–Crippen MR) is 157 cm³/mol. The second-order valence-electron chi connectivity index (χ2n) is 15.7. The molecular formula is C30H60N3O3P. The first kappa shape index (κ1) is 31.7. The van der Waals surface area contributed by atoms with E-state index >= 15 is 0 Å². The number of nitrogens with zero attached hydrogens (tertiary/aromatic N) is 3. The summed E-state index contributed by atoms with van der Waals surface area (Å²) in [6.07, 6.45) is 6.48. The zero-order valence-corrected chi connectivity index (χ0v) is 27.9. The summed E-state index contributed by atoms with van der Waals surface area (Å²) >= 11 is 0. The van der Waals surface area contributed by atoms with E-state index in [4.69, 9.17) is 13.6 Å². The number of likely N-dealkylation sites (tertiary alicyclic amines) is 3. The molecule has 3 heterocycles. The summed E-state index contributed by atoms with van der Waals surface area (Å²) in [4.78, 5) is 7.47. The summed E-state index contributed by atoms with van der Waals surface area (Å²) < 4.78 is 20.9. The van der Waals surface area contributed by atoms with Crippen LogP contribution in [0.1, 0.15) is 122 Å². The second kappa shape index (κ2) is 10.2. The monoisotopic (exact) mass is 541 g/mol. The third-order valence-corrected chi connectivity index (χ3v) is 12.7. The topological polar surface area (TPSA) is 37.4 Å². The van der Waals surface area contributed by atoms with Gasteiger partial charge in [0.1, 0.15) is 0 Å². The van der Waals surface area contributed by atoms with Gasteiger partial charge in [-0.3, -0.25) is 14.7 Å². The van der Waals surface area contributed by atoms with Crippen molar-refractivity contribution in [2.45, 2.75) is 173 Å². The Kier molecular flexibility index (Phi) is 8.77. The van der Waals surface area contributed by atoms with Gasteiger partial charge in [0, 0.05) is 33.2 Å². The fourth-order valence-corrected chi connectivity index (χ4v) is 8.80. The molecule has 3 atom stereocenters. The zero-order valence-electron chi connectivity index (χ0n) is 27.0. The molecule has 3 unspecified atom stereocenters. The van der Waals surface area contributed by atoms with E-state index in [-0.39, 0.29) is 51.5 Å². The summed E-state index contributed by atoms with van der Waals surface area (Å²) in [6.45, 7) is 27.9. The smallest absolute Gasteiger partial charge is 0.307 e. The molecule has 3 fully saturated rings. The van der Waals surface area contributed by atoms with Crippen LogP contribution in [0.25, 0.3) is 0 Å². The van der Waals surface area contributed by atoms with Crippen molar-refractivity contribution in [1.29, 1.82) is 0 Å². The standard InChI is InChI=1S/C30H60N3O3P/c1-25(2)19-16-22(28(7,8)31(25)13)34-37(35-23-17-20-26(3,4)32(14)29(23,9)10)36-24-18-21-27(5,6)33(15)30(24,11)12/h22-24H,16-21H2,1-15H3. The number of rotatable bonds is 6. The lowest BCUT2D eigenvalue weighted by Crippen LogP contribution is -2.64. The van der Waals surface area contributed by atoms with Gasteiger partial charge in [-0.2, -0.15) is 0 Å². The van der Waals surface area contributed by atoms with Crippen molar-refractivity contribution in [3.05, 3.63) is 0 Å². The van der Waals surface area contributed by atoms with Gasteiger partial charge in [0.15, 0.2) is 0 Å². The average Bonchev–Trinajstić information content (AvgIpc) is 2.76. The van der Waals surface area contributed by atoms with Crippen LogP contribution in [0.2, 0.25) is 0 Å². The maximum atomic E-state index is 6.98. The molecule has 218 valence electrons. The third-order valence-electron chi connectivity index (χ3n) is 11.4. The van der Waals surface area contributed by atoms with Crippen molar-refractivity contribution < 1.29 is 13.6 Å². The van der Waals surface area contributed by atoms with Crippen molar-refractivity contribution in [2.75, 3.05) is 21.1 Å². The molecule has 3 aliphatic heterocycles. The quantitative estimate of drug-likeness (QED) is 0.331. The lowest BCUT2D eigenvalue weighted by Gasteiger charge is -2.57. The molecule has 0 aromatic rings. The highest BCUT2D eigenvalue weighted by Crippen LogP contribution is 2.55. The molecule has 0 radical (unpaired) electrons. The largest absolute Gasteiger partial charge is 0.333 e. The lowest BCUT2D eigenvalue weighted by molar-refractivity contribution is -0.122. The van der Waals surface area contributed by atoms with E-state index in [1.807, 2.05) is 0 Å². The minimum atomic E-state index is -1.53. The van der Waals surface area contributed by atoms with E-state index in [1.54, 1.807) is 0 Å². The van der Waals surface area contributed by atoms with Crippen molar-refractivity contribution in [2.24, 2.45) is 0 Å². The fourth-order valence-electron chi connectivity index (χ4n) is 6.94. The number of likely N-dealkylation sites (N-methyl/N-ethyl adjacent to an activating group) is 3. The Bertz CT molecular complexity index is 705. The first-order valence-electron chi connectivity index (χ1n) is 14.6. The van der Waals surface area contributed by atoms with Gasteiger partial charge >= 0.3 is 8.60 Å². The van der Waals surface area contributed by atoms with Crippen molar-refractivity contribution >= 4 is 8.60 Å². The van der Waals surface area contributed by atoms with E-state index in [9.17, 15) is 0 Å². The van der Waals surface area contributed by atoms with Crippen molar-refractivity contribution in [3.63, 3.8) is 0 Å². The highest BCUT2D eigenvalue weighted by Gasteiger charge is 2.52. The molecule has 0 aliphatic carbocycles. The Morgan fingerprint density at radius 2 is 0.676 bits per heavy atom. The first-order chi connectivity index (χ1) is 16.6. The number of hydrogen-bond acceptors (Lipinski definition) is 6. The molecule has 7 heteroatoms. The summed E-state index contributed by atoms with van der Waals surface area (Å²) in [7, 11) is 5.18. The fraction of sp³-hybridized carbons (Fsp3) is 1.00. The predicted octanol–water partition coefficient (Wildman–Crippen LogP) is 7.22. The number of piperidine rings is 3. The summed E-state index contributed by atoms with van der Waals surface area (Å²) in [6, 6.07) is 0. The number of hydrogen-bond donors (Lipinski definition) is 0. The molecule has 37 heavy (non-hydrogen) atoms. The Morgan fingerprint density at radius 3 is 0.892 bits per heavy atom. The first-order valence-corrected chi connectivity index (χ1v) is 15.7. The lowest BCUT2D eigenvalue weighted by atomic mass is 9.78. The highest BCUT2D eigenvalue weighted by atomic mass is 31.2. The molecule has 0 amide bonds. The van der Waals surface area contributed by atoms with E-state index in [0.717, 1.165) is 38.5 Å². The Hall–Kier alpha value is 0.190. The van der Waals surface area contributed by atoms with E-state index in [1.165, 1.54) is 0 Å². The molecule has 0 N–H and O–H groups in total. The minimum Gasteiger partial charge on any atom is -0.307 e. The van der Waals surface area contributed by atoms with Crippen LogP contribution >= 0.6 is 8.60 Å². The maximum absolute atomic E-state index is 6.98. The minimum absolute atomic E-state index is 0.0541. The Balaban J connectivity index is 1.88. The summed E-state index contributed by atoms with van der Waals surface area (Å²) in [5.74, 6) is 0. The van der Waals surface area contributed by atoms with Crippen molar-refractivity contribution in [3.8, 4) is 0 Å². The molecule has 3 rings (SSSR count). The second-order valence-corrected chi connectivity index (χ2v) is 16.8. The van der Waals surface area contributed by atoms with Gasteiger partial charge in [-0.05, 0) is 143 Å². The molecule has 0 saturated carbocycles. The normalized spacial score (nSPS) is 36.2. The van der Waals surface area contributed by atoms with Crippen LogP contribution in [0.15, 0.2) is 0 Å². The molecule has 0 spiro atoms. The van der Waals surface area contributed by atoms with Crippen LogP contribution in [0.3, 0.4) is 0 Å². The van der Waals surface area contributed by atoms with Gasteiger partial charge in [-0.15, -0.1) is 0 Å². The van der Waals surface area contributed by atoms with E-state index in [0.29, 0.717) is 0 Å². The SMILES string of the molecule is CN1C(C)(C)CCC(OP(OC2CCC(C)(C)N(C)C2(C)C)OC2CCC(C)(C)N(C)C2(C)C)C1(C)C. The molecular weight excluding hydrogens is 481 g/mol. The third kappa shape index (κ3) is 5.97. The molecule has 3 aliphatic rings. The molecule has 6 nitrogen and oxygen atoms in total. The van der Waals surface area contributed by atoms with Crippen molar-refractivity contribution in [1.82, 2.24) is 14.7 Å². The Morgan fingerprint density at radius 1 is 0.459 bits per heavy atom. The van der Waals surface area contributed by atoms with Crippen LogP contribution in [-0.4, -0.2) is 87.4 Å². The maximum Gasteiger partial charge on any atom is 0.333 e. The highest BCUT2D eigenvalue weighted by molar-refractivity contribution is 7.41. The molecule has 0 bridgehead atoms. The molecule has 0 aromatic carbocycles. The summed E-state index contributed by atoms with van der Waals surface area (Å²) in [5, 5.41) is 0. The zero-order chi connectivity index (χ0) is 28.4. The average molecular weight is 542 g/mol. The van der Waals surface area contributed by atoms with Gasteiger partial charge in [0.25, 0.3) is 0 Å². The molecule has 0 aromatic heterocycles. The van der Waals surface area contributed by atoms with Gasteiger partial charge in [-0.1, -0.05) is 0 Å². The van der Waals surface area contributed by atoms with E-state index in [2.05, 4.69) is 119 Å². The van der Waals surface area contributed by atoms with E-state index < -0.39 is 8.60 Å². The van der Waals surface area contributed by atoms with Crippen LogP contribution in [0, 0.1) is 0 Å².